The van der Waals surface area contributed by atoms with Crippen molar-refractivity contribution in [3.8, 4) is 0 Å². The number of piperidine rings is 1. The zero-order valence-corrected chi connectivity index (χ0v) is 13.4. The van der Waals surface area contributed by atoms with E-state index in [2.05, 4.69) is 40.7 Å². The second-order valence-electron chi connectivity index (χ2n) is 5.62. The van der Waals surface area contributed by atoms with Crippen LogP contribution in [-0.2, 0) is 11.3 Å². The van der Waals surface area contributed by atoms with E-state index in [9.17, 15) is 4.79 Å². The van der Waals surface area contributed by atoms with E-state index in [1.165, 1.54) is 23.3 Å². The molecule has 21 heavy (non-hydrogen) atoms. The molecule has 0 radical (unpaired) electrons. The summed E-state index contributed by atoms with van der Waals surface area (Å²) in [6, 6.07) is 8.77. The van der Waals surface area contributed by atoms with Crippen LogP contribution in [0.1, 0.15) is 18.4 Å². The van der Waals surface area contributed by atoms with Gasteiger partial charge >= 0.3 is 5.97 Å². The van der Waals surface area contributed by atoms with Gasteiger partial charge in [-0.1, -0.05) is 12.1 Å². The van der Waals surface area contributed by atoms with Crippen LogP contribution in [0, 0.1) is 5.92 Å². The molecule has 1 fully saturated rings. The van der Waals surface area contributed by atoms with Crippen molar-refractivity contribution in [2.75, 3.05) is 32.4 Å². The summed E-state index contributed by atoms with van der Waals surface area (Å²) in [5, 5.41) is 11.7. The van der Waals surface area contributed by atoms with Crippen LogP contribution in [0.4, 0.5) is 0 Å². The summed E-state index contributed by atoms with van der Waals surface area (Å²) in [6.07, 6.45) is 4.48. The van der Waals surface area contributed by atoms with E-state index in [0.717, 1.165) is 26.2 Å². The molecule has 4 nitrogen and oxygen atoms in total. The number of aliphatic carboxylic acids is 1. The number of hydrogen-bond acceptors (Lipinski definition) is 4. The van der Waals surface area contributed by atoms with Gasteiger partial charge in [0.15, 0.2) is 0 Å². The first kappa shape index (κ1) is 16.3. The summed E-state index contributed by atoms with van der Waals surface area (Å²) in [5.41, 5.74) is 1.35. The third-order valence-electron chi connectivity index (χ3n) is 3.88. The van der Waals surface area contributed by atoms with Gasteiger partial charge in [-0.25, -0.2) is 0 Å². The van der Waals surface area contributed by atoms with Crippen LogP contribution < -0.4 is 5.32 Å². The number of carboxylic acids is 1. The lowest BCUT2D eigenvalue weighted by Gasteiger charge is -2.32. The highest BCUT2D eigenvalue weighted by Gasteiger charge is 2.19. The summed E-state index contributed by atoms with van der Waals surface area (Å²) in [4.78, 5) is 14.3. The summed E-state index contributed by atoms with van der Waals surface area (Å²) in [7, 11) is 0. The summed E-state index contributed by atoms with van der Waals surface area (Å²) in [5.74, 6) is -0.222. The fourth-order valence-corrected chi connectivity index (χ4v) is 3.24. The SMILES string of the molecule is CSc1ccc(CN2CCCC(CNCC(=O)O)C2)cc1. The molecule has 0 aromatic heterocycles. The van der Waals surface area contributed by atoms with Crippen LogP contribution in [-0.4, -0.2) is 48.4 Å². The molecular formula is C16H24N2O2S. The lowest BCUT2D eigenvalue weighted by Crippen LogP contribution is -2.40. The molecule has 5 heteroatoms. The average molecular weight is 308 g/mol. The molecule has 1 saturated heterocycles. The second kappa shape index (κ2) is 8.41. The number of hydrogen-bond donors (Lipinski definition) is 2. The molecule has 1 aromatic carbocycles. The molecule has 2 rings (SSSR count). The second-order valence-corrected chi connectivity index (χ2v) is 6.50. The van der Waals surface area contributed by atoms with E-state index in [4.69, 9.17) is 5.11 Å². The lowest BCUT2D eigenvalue weighted by molar-refractivity contribution is -0.136. The summed E-state index contributed by atoms with van der Waals surface area (Å²) >= 11 is 1.77. The average Bonchev–Trinajstić information content (AvgIpc) is 2.48. The van der Waals surface area contributed by atoms with Crippen molar-refractivity contribution in [3.63, 3.8) is 0 Å². The van der Waals surface area contributed by atoms with E-state index < -0.39 is 5.97 Å². The molecule has 2 N–H and O–H groups in total. The molecule has 0 spiro atoms. The molecule has 116 valence electrons. The predicted molar refractivity (Wildman–Crippen MR) is 86.7 cm³/mol. The predicted octanol–water partition coefficient (Wildman–Crippen LogP) is 2.29. The molecule has 1 heterocycles. The number of nitrogens with zero attached hydrogens (tertiary/aromatic N) is 1. The molecule has 1 aromatic rings. The smallest absolute Gasteiger partial charge is 0.317 e. The molecule has 1 aliphatic heterocycles. The fraction of sp³-hybridized carbons (Fsp3) is 0.562. The maximum absolute atomic E-state index is 10.5. The molecule has 0 amide bonds. The first-order valence-electron chi connectivity index (χ1n) is 7.45. The molecule has 0 aliphatic carbocycles. The molecule has 1 atom stereocenters. The first-order chi connectivity index (χ1) is 10.2. The lowest BCUT2D eigenvalue weighted by atomic mass is 9.97. The van der Waals surface area contributed by atoms with Gasteiger partial charge in [-0.2, -0.15) is 0 Å². The Kier molecular flexibility index (Phi) is 6.54. The highest BCUT2D eigenvalue weighted by molar-refractivity contribution is 7.98. The van der Waals surface area contributed by atoms with Crippen LogP contribution in [0.15, 0.2) is 29.2 Å². The van der Waals surface area contributed by atoms with Crippen LogP contribution >= 0.6 is 11.8 Å². The number of thioether (sulfide) groups is 1. The molecule has 1 unspecified atom stereocenters. The number of carboxylic acid groups (broad SMARTS) is 1. The van der Waals surface area contributed by atoms with Crippen LogP contribution in [0.2, 0.25) is 0 Å². The van der Waals surface area contributed by atoms with Crippen molar-refractivity contribution in [1.29, 1.82) is 0 Å². The van der Waals surface area contributed by atoms with Gasteiger partial charge in [0.05, 0.1) is 6.54 Å². The van der Waals surface area contributed by atoms with E-state index in [1.807, 2.05) is 0 Å². The van der Waals surface area contributed by atoms with Gasteiger partial charge in [-0.3, -0.25) is 9.69 Å². The van der Waals surface area contributed by atoms with Crippen LogP contribution in [0.3, 0.4) is 0 Å². The van der Waals surface area contributed by atoms with Crippen molar-refractivity contribution in [2.24, 2.45) is 5.92 Å². The van der Waals surface area contributed by atoms with Gasteiger partial charge in [0.1, 0.15) is 0 Å². The third-order valence-corrected chi connectivity index (χ3v) is 4.62. The number of benzene rings is 1. The van der Waals surface area contributed by atoms with Crippen molar-refractivity contribution >= 4 is 17.7 Å². The van der Waals surface area contributed by atoms with Crippen LogP contribution in [0.5, 0.6) is 0 Å². The Balaban J connectivity index is 1.78. The molecular weight excluding hydrogens is 284 g/mol. The minimum Gasteiger partial charge on any atom is -0.480 e. The summed E-state index contributed by atoms with van der Waals surface area (Å²) in [6.45, 7) is 4.04. The van der Waals surface area contributed by atoms with E-state index in [1.54, 1.807) is 11.8 Å². The standard InChI is InChI=1S/C16H24N2O2S/c1-21-15-6-4-13(5-7-15)11-18-8-2-3-14(12-18)9-17-10-16(19)20/h4-7,14,17H,2-3,8-12H2,1H3,(H,19,20). The zero-order valence-electron chi connectivity index (χ0n) is 12.5. The highest BCUT2D eigenvalue weighted by atomic mass is 32.2. The maximum atomic E-state index is 10.5. The molecule has 1 aliphatic rings. The van der Waals surface area contributed by atoms with Gasteiger partial charge in [-0.05, 0) is 55.8 Å². The maximum Gasteiger partial charge on any atom is 0.317 e. The largest absolute Gasteiger partial charge is 0.480 e. The number of likely N-dealkylation sites (tertiary alicyclic amines) is 1. The summed E-state index contributed by atoms with van der Waals surface area (Å²) < 4.78 is 0. The van der Waals surface area contributed by atoms with Gasteiger partial charge < -0.3 is 10.4 Å². The topological polar surface area (TPSA) is 52.6 Å². The normalized spacial score (nSPS) is 19.6. The Labute approximate surface area is 130 Å². The van der Waals surface area contributed by atoms with E-state index >= 15 is 0 Å². The third kappa shape index (κ3) is 5.69. The number of rotatable bonds is 7. The van der Waals surface area contributed by atoms with Gasteiger partial charge in [0, 0.05) is 18.0 Å². The Hall–Kier alpha value is -1.04. The minimum atomic E-state index is -0.781. The Morgan fingerprint density at radius 1 is 1.43 bits per heavy atom. The highest BCUT2D eigenvalue weighted by Crippen LogP contribution is 2.20. The Bertz CT molecular complexity index is 450. The Morgan fingerprint density at radius 2 is 2.19 bits per heavy atom. The van der Waals surface area contributed by atoms with Crippen molar-refractivity contribution in [1.82, 2.24) is 10.2 Å². The minimum absolute atomic E-state index is 0.0621. The fourth-order valence-electron chi connectivity index (χ4n) is 2.83. The van der Waals surface area contributed by atoms with Gasteiger partial charge in [0.2, 0.25) is 0 Å². The zero-order chi connectivity index (χ0) is 15.1. The van der Waals surface area contributed by atoms with Crippen molar-refractivity contribution in [2.45, 2.75) is 24.3 Å². The number of carbonyl (C=O) groups is 1. The van der Waals surface area contributed by atoms with Crippen LogP contribution in [0.25, 0.3) is 0 Å². The number of nitrogens with one attached hydrogen (secondary N) is 1. The van der Waals surface area contributed by atoms with Gasteiger partial charge in [-0.15, -0.1) is 11.8 Å². The van der Waals surface area contributed by atoms with E-state index in [-0.39, 0.29) is 6.54 Å². The Morgan fingerprint density at radius 3 is 2.86 bits per heavy atom. The van der Waals surface area contributed by atoms with Gasteiger partial charge in [0.25, 0.3) is 0 Å². The van der Waals surface area contributed by atoms with E-state index in [0.29, 0.717) is 5.92 Å². The molecule has 0 bridgehead atoms. The van der Waals surface area contributed by atoms with Crippen molar-refractivity contribution in [3.05, 3.63) is 29.8 Å². The van der Waals surface area contributed by atoms with Crippen molar-refractivity contribution < 1.29 is 9.90 Å². The molecule has 0 saturated carbocycles. The quantitative estimate of drug-likeness (QED) is 0.757. The first-order valence-corrected chi connectivity index (χ1v) is 8.67. The monoisotopic (exact) mass is 308 g/mol.